The van der Waals surface area contributed by atoms with Gasteiger partial charge in [0, 0.05) is 17.4 Å². The lowest BCUT2D eigenvalue weighted by Gasteiger charge is -2.15. The van der Waals surface area contributed by atoms with Gasteiger partial charge in [0.25, 0.3) is 0 Å². The van der Waals surface area contributed by atoms with E-state index < -0.39 is 5.91 Å². The second-order valence-corrected chi connectivity index (χ2v) is 4.07. The number of carbonyl (C=O) groups is 1. The summed E-state index contributed by atoms with van der Waals surface area (Å²) in [5, 5.41) is 3.28. The third-order valence-electron chi connectivity index (χ3n) is 2.66. The van der Waals surface area contributed by atoms with Gasteiger partial charge < -0.3 is 11.1 Å². The van der Waals surface area contributed by atoms with Crippen molar-refractivity contribution in [2.75, 3.05) is 5.32 Å². The van der Waals surface area contributed by atoms with Crippen LogP contribution in [-0.4, -0.2) is 10.9 Å². The van der Waals surface area contributed by atoms with Crippen LogP contribution >= 0.6 is 0 Å². The number of carbonyl (C=O) groups excluding carboxylic acids is 1. The van der Waals surface area contributed by atoms with Crippen molar-refractivity contribution in [2.45, 2.75) is 13.0 Å². The number of primary amides is 1. The zero-order chi connectivity index (χ0) is 13.0. The van der Waals surface area contributed by atoms with Gasteiger partial charge in [-0.3, -0.25) is 9.78 Å². The summed E-state index contributed by atoms with van der Waals surface area (Å²) in [4.78, 5) is 15.4. The van der Waals surface area contributed by atoms with Gasteiger partial charge in [-0.25, -0.2) is 0 Å². The van der Waals surface area contributed by atoms with E-state index in [1.165, 1.54) is 0 Å². The summed E-state index contributed by atoms with van der Waals surface area (Å²) in [7, 11) is 0. The SMILES string of the molecule is CC(Nc1cccc(C(N)=O)c1)c1ccccn1. The van der Waals surface area contributed by atoms with Gasteiger partial charge in [-0.2, -0.15) is 0 Å². The second kappa shape index (κ2) is 5.31. The lowest BCUT2D eigenvalue weighted by Crippen LogP contribution is -2.12. The van der Waals surface area contributed by atoms with Crippen molar-refractivity contribution in [1.29, 1.82) is 0 Å². The maximum atomic E-state index is 11.1. The number of amides is 1. The predicted octanol–water partition coefficient (Wildman–Crippen LogP) is 2.35. The molecule has 1 heterocycles. The molecule has 0 fully saturated rings. The summed E-state index contributed by atoms with van der Waals surface area (Å²) in [6.07, 6.45) is 1.76. The van der Waals surface area contributed by atoms with Gasteiger partial charge in [0.15, 0.2) is 0 Å². The largest absolute Gasteiger partial charge is 0.377 e. The molecule has 0 saturated heterocycles. The van der Waals surface area contributed by atoms with Crippen molar-refractivity contribution in [1.82, 2.24) is 4.98 Å². The molecule has 0 aliphatic heterocycles. The van der Waals surface area contributed by atoms with E-state index in [9.17, 15) is 4.79 Å². The van der Waals surface area contributed by atoms with E-state index in [4.69, 9.17) is 5.73 Å². The fraction of sp³-hybridized carbons (Fsp3) is 0.143. The molecule has 18 heavy (non-hydrogen) atoms. The average molecular weight is 241 g/mol. The molecule has 1 aromatic heterocycles. The minimum Gasteiger partial charge on any atom is -0.377 e. The van der Waals surface area contributed by atoms with Crippen LogP contribution in [0.2, 0.25) is 0 Å². The lowest BCUT2D eigenvalue weighted by atomic mass is 10.1. The Morgan fingerprint density at radius 1 is 1.28 bits per heavy atom. The molecule has 2 rings (SSSR count). The van der Waals surface area contributed by atoms with Crippen LogP contribution < -0.4 is 11.1 Å². The van der Waals surface area contributed by atoms with E-state index >= 15 is 0 Å². The first-order valence-corrected chi connectivity index (χ1v) is 5.74. The zero-order valence-corrected chi connectivity index (χ0v) is 10.1. The van der Waals surface area contributed by atoms with Crippen molar-refractivity contribution in [3.63, 3.8) is 0 Å². The van der Waals surface area contributed by atoms with E-state index in [-0.39, 0.29) is 6.04 Å². The summed E-state index contributed by atoms with van der Waals surface area (Å²) in [5.41, 5.74) is 7.54. The Hall–Kier alpha value is -2.36. The molecule has 1 unspecified atom stereocenters. The average Bonchev–Trinajstić information content (AvgIpc) is 2.40. The number of anilines is 1. The quantitative estimate of drug-likeness (QED) is 0.863. The summed E-state index contributed by atoms with van der Waals surface area (Å²) in [6, 6.07) is 13.0. The molecule has 0 saturated carbocycles. The van der Waals surface area contributed by atoms with Crippen LogP contribution in [0.15, 0.2) is 48.7 Å². The molecule has 1 aromatic carbocycles. The minimum absolute atomic E-state index is 0.0642. The first kappa shape index (κ1) is 12.1. The third kappa shape index (κ3) is 2.85. The maximum Gasteiger partial charge on any atom is 0.248 e. The van der Waals surface area contributed by atoms with Gasteiger partial charge in [0.2, 0.25) is 5.91 Å². The van der Waals surface area contributed by atoms with Crippen LogP contribution in [-0.2, 0) is 0 Å². The Morgan fingerprint density at radius 3 is 2.78 bits per heavy atom. The van der Waals surface area contributed by atoms with Gasteiger partial charge >= 0.3 is 0 Å². The van der Waals surface area contributed by atoms with Gasteiger partial charge in [-0.1, -0.05) is 12.1 Å². The van der Waals surface area contributed by atoms with Crippen LogP contribution in [0.1, 0.15) is 29.0 Å². The number of benzene rings is 1. The highest BCUT2D eigenvalue weighted by Gasteiger charge is 2.07. The molecule has 0 aliphatic rings. The monoisotopic (exact) mass is 241 g/mol. The van der Waals surface area contributed by atoms with E-state index in [1.807, 2.05) is 31.2 Å². The van der Waals surface area contributed by atoms with E-state index in [2.05, 4.69) is 10.3 Å². The number of hydrogen-bond donors (Lipinski definition) is 2. The van der Waals surface area contributed by atoms with Crippen LogP contribution in [0.4, 0.5) is 5.69 Å². The number of hydrogen-bond acceptors (Lipinski definition) is 3. The highest BCUT2D eigenvalue weighted by molar-refractivity contribution is 5.93. The predicted molar refractivity (Wildman–Crippen MR) is 71.2 cm³/mol. The first-order chi connectivity index (χ1) is 8.66. The summed E-state index contributed by atoms with van der Waals surface area (Å²) in [5.74, 6) is -0.427. The summed E-state index contributed by atoms with van der Waals surface area (Å²) < 4.78 is 0. The molecule has 0 radical (unpaired) electrons. The summed E-state index contributed by atoms with van der Waals surface area (Å²) >= 11 is 0. The van der Waals surface area contributed by atoms with Crippen LogP contribution in [0.5, 0.6) is 0 Å². The number of aromatic nitrogens is 1. The molecule has 4 heteroatoms. The number of nitrogens with one attached hydrogen (secondary N) is 1. The Bertz CT molecular complexity index is 540. The Balaban J connectivity index is 2.14. The highest BCUT2D eigenvalue weighted by atomic mass is 16.1. The molecule has 0 spiro atoms. The van der Waals surface area contributed by atoms with Crippen molar-refractivity contribution in [3.8, 4) is 0 Å². The molecule has 1 atom stereocenters. The molecule has 0 bridgehead atoms. The van der Waals surface area contributed by atoms with Gasteiger partial charge in [-0.05, 0) is 37.3 Å². The molecule has 3 N–H and O–H groups in total. The van der Waals surface area contributed by atoms with Crippen molar-refractivity contribution < 1.29 is 4.79 Å². The molecule has 2 aromatic rings. The van der Waals surface area contributed by atoms with E-state index in [0.29, 0.717) is 5.56 Å². The fourth-order valence-electron chi connectivity index (χ4n) is 1.72. The summed E-state index contributed by atoms with van der Waals surface area (Å²) in [6.45, 7) is 2.01. The van der Waals surface area contributed by atoms with Gasteiger partial charge in [-0.15, -0.1) is 0 Å². The van der Waals surface area contributed by atoms with Crippen molar-refractivity contribution >= 4 is 11.6 Å². The molecule has 4 nitrogen and oxygen atoms in total. The van der Waals surface area contributed by atoms with E-state index in [1.54, 1.807) is 24.4 Å². The molecular weight excluding hydrogens is 226 g/mol. The zero-order valence-electron chi connectivity index (χ0n) is 10.1. The smallest absolute Gasteiger partial charge is 0.248 e. The van der Waals surface area contributed by atoms with Gasteiger partial charge in [0.1, 0.15) is 0 Å². The molecule has 0 aliphatic carbocycles. The molecule has 1 amide bonds. The van der Waals surface area contributed by atoms with Crippen LogP contribution in [0, 0.1) is 0 Å². The van der Waals surface area contributed by atoms with Crippen molar-refractivity contribution in [3.05, 3.63) is 59.9 Å². The molecule has 92 valence electrons. The first-order valence-electron chi connectivity index (χ1n) is 5.74. The normalized spacial score (nSPS) is 11.8. The Morgan fingerprint density at radius 2 is 2.11 bits per heavy atom. The number of rotatable bonds is 4. The minimum atomic E-state index is -0.427. The number of nitrogens with two attached hydrogens (primary N) is 1. The standard InChI is InChI=1S/C14H15N3O/c1-10(13-7-2-3-8-16-13)17-12-6-4-5-11(9-12)14(15)18/h2-10,17H,1H3,(H2,15,18). The van der Waals surface area contributed by atoms with Gasteiger partial charge in [0.05, 0.1) is 11.7 Å². The number of pyridine rings is 1. The Kier molecular flexibility index (Phi) is 3.57. The second-order valence-electron chi connectivity index (χ2n) is 4.07. The fourth-order valence-corrected chi connectivity index (χ4v) is 1.72. The number of nitrogens with zero attached hydrogens (tertiary/aromatic N) is 1. The van der Waals surface area contributed by atoms with E-state index in [0.717, 1.165) is 11.4 Å². The van der Waals surface area contributed by atoms with Crippen LogP contribution in [0.25, 0.3) is 0 Å². The van der Waals surface area contributed by atoms with Crippen LogP contribution in [0.3, 0.4) is 0 Å². The van der Waals surface area contributed by atoms with Crippen molar-refractivity contribution in [2.24, 2.45) is 5.73 Å². The highest BCUT2D eigenvalue weighted by Crippen LogP contribution is 2.18. The topological polar surface area (TPSA) is 68.0 Å². The molecular formula is C14H15N3O. The maximum absolute atomic E-state index is 11.1. The third-order valence-corrected chi connectivity index (χ3v) is 2.66. The Labute approximate surface area is 106 Å². The lowest BCUT2D eigenvalue weighted by molar-refractivity contribution is 0.100.